The van der Waals surface area contributed by atoms with Gasteiger partial charge in [0.25, 0.3) is 0 Å². The van der Waals surface area contributed by atoms with E-state index >= 15 is 0 Å². The third-order valence-corrected chi connectivity index (χ3v) is 18.0. The van der Waals surface area contributed by atoms with Crippen LogP contribution < -0.4 is 9.47 Å². The highest BCUT2D eigenvalue weighted by Crippen LogP contribution is 2.41. The Hall–Kier alpha value is -3.32. The van der Waals surface area contributed by atoms with Crippen molar-refractivity contribution in [3.63, 3.8) is 0 Å². The van der Waals surface area contributed by atoms with Crippen LogP contribution in [0.5, 0.6) is 11.5 Å². The Morgan fingerprint density at radius 1 is 0.820 bits per heavy atom. The highest BCUT2D eigenvalue weighted by molar-refractivity contribution is 6.74. The number of benzene rings is 2. The quantitative estimate of drug-likeness (QED) is 0.0981. The van der Waals surface area contributed by atoms with E-state index in [0.29, 0.717) is 5.56 Å². The second kappa shape index (κ2) is 19.3. The lowest BCUT2D eigenvalue weighted by molar-refractivity contribution is -0.0707. The molecule has 0 aromatic heterocycles. The summed E-state index contributed by atoms with van der Waals surface area (Å²) >= 11 is 0. The first-order valence-electron chi connectivity index (χ1n) is 17.1. The second-order valence-corrected chi connectivity index (χ2v) is 25.4. The van der Waals surface area contributed by atoms with Gasteiger partial charge >= 0.3 is 0 Å². The predicted molar refractivity (Wildman–Crippen MR) is 214 cm³/mol. The number of aldehydes is 1. The zero-order valence-electron chi connectivity index (χ0n) is 33.8. The van der Waals surface area contributed by atoms with E-state index in [9.17, 15) is 4.79 Å². The summed E-state index contributed by atoms with van der Waals surface area (Å²) in [6.07, 6.45) is 7.47. The van der Waals surface area contributed by atoms with E-state index in [1.807, 2.05) is 57.5 Å². The third-order valence-electron chi connectivity index (χ3n) is 9.21. The molecule has 0 saturated carbocycles. The summed E-state index contributed by atoms with van der Waals surface area (Å²) in [5.74, 6) is 3.44. The molecule has 0 bridgehead atoms. The van der Waals surface area contributed by atoms with Crippen molar-refractivity contribution < 1.29 is 27.9 Å². The van der Waals surface area contributed by atoms with Gasteiger partial charge in [-0.05, 0) is 104 Å². The molecule has 8 nitrogen and oxygen atoms in total. The summed E-state index contributed by atoms with van der Waals surface area (Å²) in [5, 5.41) is 0.400. The average Bonchev–Trinajstić information content (AvgIpc) is 3.03. The first-order valence-corrected chi connectivity index (χ1v) is 22.9. The SMILES string of the molecule is C=C(/C=C/N(C)C)O[Si](C)(C)C(C)(C)C.COc1ccc(C=O)cc1.COc1ccc([C@@H]2CC(O[Si](C)(C)C(C)(C)C)=CC(N(C)C)O2)cc1. The van der Waals surface area contributed by atoms with Crippen molar-refractivity contribution in [2.24, 2.45) is 0 Å². The van der Waals surface area contributed by atoms with Gasteiger partial charge in [-0.1, -0.05) is 60.3 Å². The standard InChI is InChI=1S/C20H33NO3Si.C12H25NOSi.C8H8O2/c1-20(2,3)25(7,8)24-17-13-18(23-19(14-17)21(4)5)15-9-11-16(22-6)12-10-15;1-11(9-10-13(5)6)14-15(7,8)12(2,3)4;1-10-8-4-2-7(6-9)3-5-8/h9-12,14,18-19H,13H2,1-8H3;9-10H,1H2,2-8H3;2-6H,1H3/b;10-9+;/t18-,19?;;/m0../s1. The van der Waals surface area contributed by atoms with E-state index in [4.69, 9.17) is 23.1 Å². The molecule has 0 N–H and O–H groups in total. The smallest absolute Gasteiger partial charge is 0.250 e. The van der Waals surface area contributed by atoms with Crippen molar-refractivity contribution in [3.05, 3.63) is 96.1 Å². The van der Waals surface area contributed by atoms with Gasteiger partial charge < -0.3 is 28.0 Å². The zero-order chi connectivity index (χ0) is 38.5. The molecule has 0 amide bonds. The van der Waals surface area contributed by atoms with Crippen LogP contribution in [0.25, 0.3) is 0 Å². The molecule has 50 heavy (non-hydrogen) atoms. The fourth-order valence-electron chi connectivity index (χ4n) is 3.94. The number of methoxy groups -OCH3 is 2. The number of likely N-dealkylation sites (N-methyl/N-ethyl adjacent to an activating group) is 1. The van der Waals surface area contributed by atoms with Crippen LogP contribution in [0.4, 0.5) is 0 Å². The normalized spacial score (nSPS) is 16.6. The summed E-state index contributed by atoms with van der Waals surface area (Å²) in [5.41, 5.74) is 1.82. The number of carbonyl (C=O) groups is 1. The van der Waals surface area contributed by atoms with Crippen LogP contribution in [-0.4, -0.2) is 81.4 Å². The molecule has 0 fully saturated rings. The van der Waals surface area contributed by atoms with Gasteiger partial charge in [0.2, 0.25) is 16.6 Å². The van der Waals surface area contributed by atoms with E-state index in [0.717, 1.165) is 41.3 Å². The molecule has 0 radical (unpaired) electrons. The predicted octanol–water partition coefficient (Wildman–Crippen LogP) is 10.1. The molecule has 1 unspecified atom stereocenters. The maximum Gasteiger partial charge on any atom is 0.250 e. The molecule has 0 saturated heterocycles. The number of ether oxygens (including phenoxy) is 3. The molecule has 3 rings (SSSR count). The largest absolute Gasteiger partial charge is 0.547 e. The van der Waals surface area contributed by atoms with Crippen LogP contribution in [0.1, 0.15) is 70.0 Å². The lowest BCUT2D eigenvalue weighted by atomic mass is 10.0. The summed E-state index contributed by atoms with van der Waals surface area (Å²) in [4.78, 5) is 14.2. The maximum atomic E-state index is 10.2. The van der Waals surface area contributed by atoms with Gasteiger partial charge in [-0.2, -0.15) is 0 Å². The Kier molecular flexibility index (Phi) is 17.3. The topological polar surface area (TPSA) is 69.7 Å². The van der Waals surface area contributed by atoms with E-state index in [1.165, 1.54) is 0 Å². The zero-order valence-corrected chi connectivity index (χ0v) is 35.8. The van der Waals surface area contributed by atoms with Crippen molar-refractivity contribution >= 4 is 22.9 Å². The van der Waals surface area contributed by atoms with Crippen molar-refractivity contribution in [1.82, 2.24) is 9.80 Å². The fourth-order valence-corrected chi connectivity index (χ4v) is 6.08. The molecule has 2 atom stereocenters. The summed E-state index contributed by atoms with van der Waals surface area (Å²) in [7, 11) is 7.73. The van der Waals surface area contributed by atoms with Crippen LogP contribution >= 0.6 is 0 Å². The van der Waals surface area contributed by atoms with Crippen LogP contribution in [0, 0.1) is 0 Å². The minimum atomic E-state index is -1.86. The Labute approximate surface area is 306 Å². The molecular formula is C40H66N2O6Si2. The van der Waals surface area contributed by atoms with Gasteiger partial charge in [0, 0.05) is 32.3 Å². The third kappa shape index (κ3) is 14.9. The van der Waals surface area contributed by atoms with Gasteiger partial charge in [-0.15, -0.1) is 0 Å². The van der Waals surface area contributed by atoms with Crippen molar-refractivity contribution in [1.29, 1.82) is 0 Å². The molecular weight excluding hydrogens is 661 g/mol. The lowest BCUT2D eigenvalue weighted by Gasteiger charge is -2.40. The van der Waals surface area contributed by atoms with Crippen molar-refractivity contribution in [3.8, 4) is 11.5 Å². The van der Waals surface area contributed by atoms with Gasteiger partial charge in [0.1, 0.15) is 24.0 Å². The summed E-state index contributed by atoms with van der Waals surface area (Å²) in [6, 6.07) is 15.0. The number of hydrogen-bond donors (Lipinski definition) is 0. The molecule has 1 aliphatic heterocycles. The number of carbonyl (C=O) groups excluding carboxylic acids is 1. The molecule has 0 spiro atoms. The number of nitrogens with zero attached hydrogens (tertiary/aromatic N) is 2. The summed E-state index contributed by atoms with van der Waals surface area (Å²) in [6.45, 7) is 26.4. The van der Waals surface area contributed by atoms with E-state index < -0.39 is 16.6 Å². The van der Waals surface area contributed by atoms with E-state index in [2.05, 4.69) is 97.4 Å². The monoisotopic (exact) mass is 726 g/mol. The molecule has 1 aliphatic rings. The molecule has 280 valence electrons. The molecule has 10 heteroatoms. The molecule has 0 aliphatic carbocycles. The molecule has 2 aromatic carbocycles. The fraction of sp³-hybridized carbons (Fsp3) is 0.525. The average molecular weight is 727 g/mol. The Bertz CT molecular complexity index is 1390. The number of rotatable bonds is 11. The number of hydrogen-bond acceptors (Lipinski definition) is 8. The first kappa shape index (κ1) is 44.7. The minimum Gasteiger partial charge on any atom is -0.547 e. The van der Waals surface area contributed by atoms with E-state index in [1.54, 1.807) is 38.5 Å². The van der Waals surface area contributed by atoms with Crippen LogP contribution in [0.2, 0.25) is 36.3 Å². The highest BCUT2D eigenvalue weighted by atomic mass is 28.4. The van der Waals surface area contributed by atoms with Crippen LogP contribution in [-0.2, 0) is 13.6 Å². The lowest BCUT2D eigenvalue weighted by Crippen LogP contribution is -2.42. The number of allylic oxidation sites excluding steroid dienone is 1. The van der Waals surface area contributed by atoms with Crippen molar-refractivity contribution in [2.75, 3.05) is 42.4 Å². The van der Waals surface area contributed by atoms with Gasteiger partial charge in [-0.25, -0.2) is 0 Å². The summed E-state index contributed by atoms with van der Waals surface area (Å²) < 4.78 is 29.0. The Morgan fingerprint density at radius 2 is 1.30 bits per heavy atom. The molecule has 2 aromatic rings. The Balaban J connectivity index is 0.000000422. The van der Waals surface area contributed by atoms with Crippen molar-refractivity contribution in [2.45, 2.75) is 96.6 Å². The Morgan fingerprint density at radius 3 is 1.70 bits per heavy atom. The van der Waals surface area contributed by atoms with Crippen LogP contribution in [0.3, 0.4) is 0 Å². The first-order chi connectivity index (χ1) is 23.0. The minimum absolute atomic E-state index is 0.0110. The van der Waals surface area contributed by atoms with Gasteiger partial charge in [0.15, 0.2) is 0 Å². The second-order valence-electron chi connectivity index (χ2n) is 16.0. The maximum absolute atomic E-state index is 10.2. The van der Waals surface area contributed by atoms with Crippen LogP contribution in [0.15, 0.2) is 85.0 Å². The van der Waals surface area contributed by atoms with Gasteiger partial charge in [-0.3, -0.25) is 9.69 Å². The molecule has 1 heterocycles. The highest BCUT2D eigenvalue weighted by Gasteiger charge is 2.41. The van der Waals surface area contributed by atoms with Gasteiger partial charge in [0.05, 0.1) is 31.8 Å². The van der Waals surface area contributed by atoms with E-state index in [-0.39, 0.29) is 22.4 Å².